The van der Waals surface area contributed by atoms with Gasteiger partial charge in [-0.25, -0.2) is 4.39 Å². The van der Waals surface area contributed by atoms with Crippen molar-refractivity contribution in [2.24, 2.45) is 0 Å². The molecule has 0 radical (unpaired) electrons. The van der Waals surface area contributed by atoms with Crippen molar-refractivity contribution in [1.29, 1.82) is 0 Å². The lowest BCUT2D eigenvalue weighted by molar-refractivity contribution is -0.384. The molecule has 2 amide bonds. The average molecular weight is 402 g/mol. The Hall–Kier alpha value is -3.33. The highest BCUT2D eigenvalue weighted by Gasteiger charge is 2.15. The van der Waals surface area contributed by atoms with Gasteiger partial charge in [0.05, 0.1) is 18.0 Å². The molecule has 2 N–H and O–H groups in total. The van der Waals surface area contributed by atoms with Crippen LogP contribution in [0.5, 0.6) is 0 Å². The first-order chi connectivity index (χ1) is 13.8. The number of nitro groups is 1. The predicted molar refractivity (Wildman–Crippen MR) is 107 cm³/mol. The third-order valence-electron chi connectivity index (χ3n) is 4.28. The summed E-state index contributed by atoms with van der Waals surface area (Å²) in [6, 6.07) is 10.0. The van der Waals surface area contributed by atoms with Crippen LogP contribution in [0, 0.1) is 22.9 Å². The van der Waals surface area contributed by atoms with Crippen LogP contribution in [0.2, 0.25) is 0 Å². The van der Waals surface area contributed by atoms with E-state index in [0.717, 1.165) is 5.56 Å². The molecule has 0 fully saturated rings. The molecular formula is C20H23FN4O4. The van der Waals surface area contributed by atoms with Crippen molar-refractivity contribution in [2.45, 2.75) is 20.4 Å². The van der Waals surface area contributed by atoms with Crippen molar-refractivity contribution in [3.63, 3.8) is 0 Å². The summed E-state index contributed by atoms with van der Waals surface area (Å²) >= 11 is 0. The number of nitrogens with zero attached hydrogens (tertiary/aromatic N) is 2. The highest BCUT2D eigenvalue weighted by atomic mass is 19.1. The van der Waals surface area contributed by atoms with E-state index in [1.807, 2.05) is 6.92 Å². The van der Waals surface area contributed by atoms with Gasteiger partial charge in [-0.3, -0.25) is 24.6 Å². The van der Waals surface area contributed by atoms with Gasteiger partial charge in [-0.1, -0.05) is 19.1 Å². The van der Waals surface area contributed by atoms with Crippen LogP contribution in [-0.4, -0.2) is 41.3 Å². The highest BCUT2D eigenvalue weighted by molar-refractivity contribution is 5.93. The number of nitrogens with one attached hydrogen (secondary N) is 2. The quantitative estimate of drug-likeness (QED) is 0.496. The number of halogens is 1. The van der Waals surface area contributed by atoms with E-state index in [4.69, 9.17) is 0 Å². The van der Waals surface area contributed by atoms with Gasteiger partial charge in [0.1, 0.15) is 5.82 Å². The smallest absolute Gasteiger partial charge is 0.269 e. The molecule has 0 unspecified atom stereocenters. The van der Waals surface area contributed by atoms with E-state index in [0.29, 0.717) is 17.8 Å². The molecule has 0 saturated heterocycles. The maximum Gasteiger partial charge on any atom is 0.269 e. The maximum absolute atomic E-state index is 12.9. The Bertz CT molecular complexity index is 887. The number of nitro benzene ring substituents is 1. The maximum atomic E-state index is 12.9. The summed E-state index contributed by atoms with van der Waals surface area (Å²) < 4.78 is 12.9. The van der Waals surface area contributed by atoms with Crippen LogP contribution in [0.4, 0.5) is 15.8 Å². The number of non-ortho nitro benzene ring substituents is 1. The molecular weight excluding hydrogens is 379 g/mol. The van der Waals surface area contributed by atoms with E-state index >= 15 is 0 Å². The first-order valence-corrected chi connectivity index (χ1v) is 9.07. The third-order valence-corrected chi connectivity index (χ3v) is 4.28. The lowest BCUT2D eigenvalue weighted by Gasteiger charge is -2.19. The van der Waals surface area contributed by atoms with Crippen LogP contribution >= 0.6 is 0 Å². The predicted octanol–water partition coefficient (Wildman–Crippen LogP) is 2.62. The number of amides is 2. The van der Waals surface area contributed by atoms with Crippen molar-refractivity contribution >= 4 is 23.2 Å². The second kappa shape index (κ2) is 10.3. The van der Waals surface area contributed by atoms with Gasteiger partial charge in [0.25, 0.3) is 5.69 Å². The van der Waals surface area contributed by atoms with Gasteiger partial charge in [-0.05, 0) is 42.8 Å². The number of benzene rings is 2. The number of anilines is 1. The summed E-state index contributed by atoms with van der Waals surface area (Å²) in [5, 5.41) is 16.2. The molecule has 0 atom stereocenters. The second-order valence-corrected chi connectivity index (χ2v) is 6.51. The van der Waals surface area contributed by atoms with E-state index in [-0.39, 0.29) is 43.0 Å². The number of carbonyl (C=O) groups excluding carboxylic acids is 2. The molecule has 0 aliphatic carbocycles. The van der Waals surface area contributed by atoms with Crippen LogP contribution in [0.1, 0.15) is 18.1 Å². The molecule has 0 aromatic heterocycles. The van der Waals surface area contributed by atoms with Gasteiger partial charge in [0.2, 0.25) is 11.8 Å². The minimum atomic E-state index is -0.498. The largest absolute Gasteiger partial charge is 0.351 e. The van der Waals surface area contributed by atoms with Gasteiger partial charge in [-0.2, -0.15) is 0 Å². The Morgan fingerprint density at radius 1 is 1.10 bits per heavy atom. The SMILES string of the molecule is CCN(CC(=O)NCc1ccc(F)cc1)CC(=O)Nc1ccc([N+](=O)[O-])cc1C. The molecule has 0 aliphatic heterocycles. The van der Waals surface area contributed by atoms with Crippen LogP contribution in [0.3, 0.4) is 0 Å². The van der Waals surface area contributed by atoms with E-state index < -0.39 is 4.92 Å². The standard InChI is InChI=1S/C20H23FN4O4/c1-3-24(12-19(26)22-11-15-4-6-16(21)7-5-15)13-20(27)23-18-9-8-17(25(28)29)10-14(18)2/h4-10H,3,11-13H2,1-2H3,(H,22,26)(H,23,27). The van der Waals surface area contributed by atoms with Crippen molar-refractivity contribution in [1.82, 2.24) is 10.2 Å². The fraction of sp³-hybridized carbons (Fsp3) is 0.300. The number of hydrogen-bond acceptors (Lipinski definition) is 5. The molecule has 2 aromatic rings. The summed E-state index contributed by atoms with van der Waals surface area (Å²) in [4.78, 5) is 36.4. The first kappa shape index (κ1) is 22.0. The normalized spacial score (nSPS) is 10.6. The Kier molecular flexibility index (Phi) is 7.79. The van der Waals surface area contributed by atoms with Gasteiger partial charge in [-0.15, -0.1) is 0 Å². The molecule has 2 rings (SSSR count). The fourth-order valence-electron chi connectivity index (χ4n) is 2.64. The molecule has 154 valence electrons. The van der Waals surface area contributed by atoms with Gasteiger partial charge < -0.3 is 10.6 Å². The molecule has 0 aliphatic rings. The minimum absolute atomic E-state index is 0.00308. The number of likely N-dealkylation sites (N-methyl/N-ethyl adjacent to an activating group) is 1. The zero-order valence-corrected chi connectivity index (χ0v) is 16.3. The van der Waals surface area contributed by atoms with Gasteiger partial charge in [0.15, 0.2) is 0 Å². The fourth-order valence-corrected chi connectivity index (χ4v) is 2.64. The molecule has 8 nitrogen and oxygen atoms in total. The summed E-state index contributed by atoms with van der Waals surface area (Å²) in [5.41, 5.74) is 1.78. The summed E-state index contributed by atoms with van der Waals surface area (Å²) in [6.07, 6.45) is 0. The second-order valence-electron chi connectivity index (χ2n) is 6.51. The Labute approximate surface area is 167 Å². The first-order valence-electron chi connectivity index (χ1n) is 9.07. The van der Waals surface area contributed by atoms with Crippen LogP contribution in [-0.2, 0) is 16.1 Å². The van der Waals surface area contributed by atoms with Crippen molar-refractivity contribution < 1.29 is 18.9 Å². The lowest BCUT2D eigenvalue weighted by atomic mass is 10.2. The van der Waals surface area contributed by atoms with E-state index in [2.05, 4.69) is 10.6 Å². The minimum Gasteiger partial charge on any atom is -0.351 e. The molecule has 0 bridgehead atoms. The average Bonchev–Trinajstić information content (AvgIpc) is 2.68. The zero-order valence-electron chi connectivity index (χ0n) is 16.3. The van der Waals surface area contributed by atoms with Crippen LogP contribution in [0.25, 0.3) is 0 Å². The summed E-state index contributed by atoms with van der Waals surface area (Å²) in [5.74, 6) is -0.919. The molecule has 9 heteroatoms. The molecule has 29 heavy (non-hydrogen) atoms. The van der Waals surface area contributed by atoms with E-state index in [9.17, 15) is 24.1 Å². The van der Waals surface area contributed by atoms with Crippen molar-refractivity contribution in [3.8, 4) is 0 Å². The number of aryl methyl sites for hydroxylation is 1. The summed E-state index contributed by atoms with van der Waals surface area (Å²) in [7, 11) is 0. The monoisotopic (exact) mass is 402 g/mol. The highest BCUT2D eigenvalue weighted by Crippen LogP contribution is 2.21. The molecule has 0 saturated carbocycles. The van der Waals surface area contributed by atoms with Crippen LogP contribution in [0.15, 0.2) is 42.5 Å². The zero-order chi connectivity index (χ0) is 21.4. The third kappa shape index (κ3) is 6.96. The van der Waals surface area contributed by atoms with Crippen molar-refractivity contribution in [3.05, 3.63) is 69.5 Å². The van der Waals surface area contributed by atoms with Crippen molar-refractivity contribution in [2.75, 3.05) is 25.0 Å². The summed E-state index contributed by atoms with van der Waals surface area (Å²) in [6.45, 7) is 4.28. The molecule has 0 spiro atoms. The number of carbonyl (C=O) groups is 2. The Morgan fingerprint density at radius 2 is 1.76 bits per heavy atom. The molecule has 2 aromatic carbocycles. The number of hydrogen-bond donors (Lipinski definition) is 2. The Morgan fingerprint density at radius 3 is 2.34 bits per heavy atom. The van der Waals surface area contributed by atoms with Crippen LogP contribution < -0.4 is 10.6 Å². The molecule has 0 heterocycles. The van der Waals surface area contributed by atoms with E-state index in [1.54, 1.807) is 24.0 Å². The lowest BCUT2D eigenvalue weighted by Crippen LogP contribution is -2.40. The Balaban J connectivity index is 1.85. The van der Waals surface area contributed by atoms with Gasteiger partial charge >= 0.3 is 0 Å². The van der Waals surface area contributed by atoms with Gasteiger partial charge in [0, 0.05) is 24.4 Å². The number of rotatable bonds is 9. The topological polar surface area (TPSA) is 105 Å². The van der Waals surface area contributed by atoms with E-state index in [1.165, 1.54) is 30.3 Å².